The van der Waals surface area contributed by atoms with Crippen molar-refractivity contribution in [3.05, 3.63) is 74.6 Å². The third-order valence-corrected chi connectivity index (χ3v) is 8.64. The van der Waals surface area contributed by atoms with E-state index in [4.69, 9.17) is 27.9 Å². The number of pyridine rings is 1. The van der Waals surface area contributed by atoms with E-state index in [-0.39, 0.29) is 29.4 Å². The number of anilines is 1. The molecule has 10 heteroatoms. The number of fused-ring (bicyclic) bond motifs is 6. The molecule has 6 rings (SSSR count). The second-order valence-electron chi connectivity index (χ2n) is 10.1. The number of hydrogen-bond acceptors (Lipinski definition) is 6. The van der Waals surface area contributed by atoms with E-state index < -0.39 is 46.5 Å². The molecule has 0 radical (unpaired) electrons. The highest BCUT2D eigenvalue weighted by Gasteiger charge is 2.77. The lowest BCUT2D eigenvalue weighted by Crippen LogP contribution is -2.49. The average Bonchev–Trinajstić information content (AvgIpc) is 3.41. The SMILES string of the molecule is CC12OC(CCn3cc(Cl)cc(Cl)c3=O)(CC1O)C1C(=O)N(c3ccc(C#N)c4ccccc34)C(=O)C12. The Bertz CT molecular complexity index is 1610. The molecule has 0 aliphatic carbocycles. The van der Waals surface area contributed by atoms with Gasteiger partial charge >= 0.3 is 0 Å². The maximum Gasteiger partial charge on any atom is 0.269 e. The highest BCUT2D eigenvalue weighted by atomic mass is 35.5. The van der Waals surface area contributed by atoms with E-state index in [1.54, 1.807) is 43.3 Å². The Hall–Kier alpha value is -3.22. The lowest BCUT2D eigenvalue weighted by atomic mass is 9.66. The quantitative estimate of drug-likeness (QED) is 0.508. The molecule has 2 amide bonds. The number of amides is 2. The van der Waals surface area contributed by atoms with Crippen molar-refractivity contribution in [1.29, 1.82) is 5.26 Å². The van der Waals surface area contributed by atoms with Crippen molar-refractivity contribution in [2.24, 2.45) is 11.8 Å². The van der Waals surface area contributed by atoms with Crippen molar-refractivity contribution in [1.82, 2.24) is 4.57 Å². The Labute approximate surface area is 221 Å². The van der Waals surface area contributed by atoms with Crippen LogP contribution in [-0.2, 0) is 20.9 Å². The van der Waals surface area contributed by atoms with Crippen molar-refractivity contribution >= 4 is 51.5 Å². The summed E-state index contributed by atoms with van der Waals surface area (Å²) in [6, 6.07) is 13.8. The zero-order valence-electron chi connectivity index (χ0n) is 19.6. The molecule has 5 atom stereocenters. The van der Waals surface area contributed by atoms with Gasteiger partial charge in [0.2, 0.25) is 11.8 Å². The summed E-state index contributed by atoms with van der Waals surface area (Å²) in [6.07, 6.45) is 0.829. The third-order valence-electron chi connectivity index (χ3n) is 8.16. The third kappa shape index (κ3) is 3.25. The van der Waals surface area contributed by atoms with E-state index in [1.165, 1.54) is 21.7 Å². The van der Waals surface area contributed by atoms with Crippen LogP contribution in [0.25, 0.3) is 10.8 Å². The standard InChI is InChI=1S/C27H21Cl2N3O5/c1-26-20(33)11-27(37-26,8-9-31-13-15(28)10-18(29)23(31)34)22-21(26)24(35)32(25(22)36)19-7-6-14(12-30)16-4-2-3-5-17(16)19/h2-7,10,13,20-22,33H,8-9,11H2,1H3. The summed E-state index contributed by atoms with van der Waals surface area (Å²) < 4.78 is 7.71. The van der Waals surface area contributed by atoms with Gasteiger partial charge < -0.3 is 14.4 Å². The van der Waals surface area contributed by atoms with Gasteiger partial charge in [-0.3, -0.25) is 14.4 Å². The molecule has 2 aromatic carbocycles. The van der Waals surface area contributed by atoms with Crippen LogP contribution in [0.4, 0.5) is 5.69 Å². The summed E-state index contributed by atoms with van der Waals surface area (Å²) in [7, 11) is 0. The molecule has 3 aromatic rings. The van der Waals surface area contributed by atoms with Crippen LogP contribution >= 0.6 is 23.2 Å². The molecule has 3 aliphatic rings. The molecular formula is C27H21Cl2N3O5. The highest BCUT2D eigenvalue weighted by Crippen LogP contribution is 2.62. The fourth-order valence-electron chi connectivity index (χ4n) is 6.48. The first-order valence-electron chi connectivity index (χ1n) is 11.8. The number of rotatable bonds is 4. The number of nitriles is 1. The van der Waals surface area contributed by atoms with Crippen LogP contribution < -0.4 is 10.5 Å². The summed E-state index contributed by atoms with van der Waals surface area (Å²) in [5, 5.41) is 22.0. The average molecular weight is 538 g/mol. The maximum absolute atomic E-state index is 14.0. The minimum atomic E-state index is -1.26. The maximum atomic E-state index is 14.0. The second kappa shape index (κ2) is 8.14. The molecule has 4 heterocycles. The molecule has 1 N–H and O–H groups in total. The van der Waals surface area contributed by atoms with E-state index in [0.717, 1.165) is 0 Å². The van der Waals surface area contributed by atoms with Crippen LogP contribution in [0.15, 0.2) is 53.5 Å². The number of carbonyl (C=O) groups is 2. The minimum absolute atomic E-state index is 0.0301. The second-order valence-corrected chi connectivity index (χ2v) is 10.9. The molecule has 188 valence electrons. The molecule has 0 saturated carbocycles. The number of halogens is 2. The zero-order chi connectivity index (χ0) is 26.3. The molecule has 5 unspecified atom stereocenters. The van der Waals surface area contributed by atoms with E-state index in [1.807, 2.05) is 0 Å². The monoisotopic (exact) mass is 537 g/mol. The van der Waals surface area contributed by atoms with Gasteiger partial charge in [-0.25, -0.2) is 4.90 Å². The number of benzene rings is 2. The summed E-state index contributed by atoms with van der Waals surface area (Å²) in [5.41, 5.74) is -2.02. The van der Waals surface area contributed by atoms with Gasteiger partial charge in [0.25, 0.3) is 5.56 Å². The number of aliphatic hydroxyl groups is 1. The predicted octanol–water partition coefficient (Wildman–Crippen LogP) is 3.67. The van der Waals surface area contributed by atoms with Gasteiger partial charge in [0, 0.05) is 29.9 Å². The Balaban J connectivity index is 1.42. The lowest BCUT2D eigenvalue weighted by Gasteiger charge is -2.33. The Morgan fingerprint density at radius 1 is 1.11 bits per heavy atom. The normalized spacial score (nSPS) is 30.2. The van der Waals surface area contributed by atoms with Gasteiger partial charge in [0.1, 0.15) is 10.6 Å². The van der Waals surface area contributed by atoms with Crippen molar-refractivity contribution in [2.45, 2.75) is 43.6 Å². The number of imide groups is 1. The zero-order valence-corrected chi connectivity index (χ0v) is 21.2. The van der Waals surface area contributed by atoms with Crippen LogP contribution in [0.3, 0.4) is 0 Å². The van der Waals surface area contributed by atoms with Gasteiger partial charge in [0.15, 0.2) is 0 Å². The number of nitrogens with zero attached hydrogens (tertiary/aromatic N) is 3. The van der Waals surface area contributed by atoms with Crippen LogP contribution in [0, 0.1) is 23.2 Å². The van der Waals surface area contributed by atoms with Crippen LogP contribution in [0.5, 0.6) is 0 Å². The topological polar surface area (TPSA) is 113 Å². The molecule has 8 nitrogen and oxygen atoms in total. The first-order chi connectivity index (χ1) is 17.6. The largest absolute Gasteiger partial charge is 0.390 e. The molecule has 1 aromatic heterocycles. The minimum Gasteiger partial charge on any atom is -0.390 e. The lowest BCUT2D eigenvalue weighted by molar-refractivity contribution is -0.133. The van der Waals surface area contributed by atoms with E-state index in [2.05, 4.69) is 6.07 Å². The molecule has 3 fully saturated rings. The van der Waals surface area contributed by atoms with Gasteiger partial charge in [0.05, 0.1) is 45.9 Å². The first kappa shape index (κ1) is 24.1. The summed E-state index contributed by atoms with van der Waals surface area (Å²) >= 11 is 12.1. The summed E-state index contributed by atoms with van der Waals surface area (Å²) in [6.45, 7) is 1.80. The van der Waals surface area contributed by atoms with Gasteiger partial charge in [-0.05, 0) is 31.5 Å². The van der Waals surface area contributed by atoms with Crippen LogP contribution in [0.1, 0.15) is 25.3 Å². The predicted molar refractivity (Wildman–Crippen MR) is 136 cm³/mol. The fourth-order valence-corrected chi connectivity index (χ4v) is 6.99. The summed E-state index contributed by atoms with van der Waals surface area (Å²) in [4.78, 5) is 41.6. The Morgan fingerprint density at radius 3 is 2.54 bits per heavy atom. The summed E-state index contributed by atoms with van der Waals surface area (Å²) in [5.74, 6) is -2.60. The van der Waals surface area contributed by atoms with Crippen molar-refractivity contribution in [2.75, 3.05) is 4.90 Å². The molecule has 2 bridgehead atoms. The van der Waals surface area contributed by atoms with Crippen molar-refractivity contribution in [3.8, 4) is 6.07 Å². The number of hydrogen-bond donors (Lipinski definition) is 1. The number of aliphatic hydroxyl groups excluding tert-OH is 1. The van der Waals surface area contributed by atoms with Crippen LogP contribution in [0.2, 0.25) is 10.0 Å². The smallest absolute Gasteiger partial charge is 0.269 e. The fraction of sp³-hybridized carbons (Fsp3) is 0.333. The van der Waals surface area contributed by atoms with Crippen molar-refractivity contribution < 1.29 is 19.4 Å². The molecule has 37 heavy (non-hydrogen) atoms. The highest BCUT2D eigenvalue weighted by molar-refractivity contribution is 6.34. The van der Waals surface area contributed by atoms with Crippen molar-refractivity contribution in [3.63, 3.8) is 0 Å². The first-order valence-corrected chi connectivity index (χ1v) is 12.6. The van der Waals surface area contributed by atoms with E-state index >= 15 is 0 Å². The molecule has 0 spiro atoms. The number of ether oxygens (including phenoxy) is 1. The number of carbonyl (C=O) groups excluding carboxylic acids is 2. The van der Waals surface area contributed by atoms with Gasteiger partial charge in [-0.15, -0.1) is 0 Å². The molecule has 3 saturated heterocycles. The number of aromatic nitrogens is 1. The Morgan fingerprint density at radius 2 is 1.81 bits per heavy atom. The molecular weight excluding hydrogens is 517 g/mol. The van der Waals surface area contributed by atoms with E-state index in [0.29, 0.717) is 22.0 Å². The Kier molecular flexibility index (Phi) is 5.31. The number of aryl methyl sites for hydroxylation is 1. The van der Waals surface area contributed by atoms with E-state index in [9.17, 15) is 24.8 Å². The molecule has 3 aliphatic heterocycles. The van der Waals surface area contributed by atoms with Gasteiger partial charge in [-0.2, -0.15) is 5.26 Å². The van der Waals surface area contributed by atoms with Gasteiger partial charge in [-0.1, -0.05) is 47.5 Å². The van der Waals surface area contributed by atoms with Crippen LogP contribution in [-0.4, -0.2) is 38.8 Å².